The number of hydrogen-bond donors (Lipinski definition) is 0. The standard InChI is InChI=1S/C21H27N5O2S/c27-20-7-6-19(24-12-14-29-15-13-24)22-26(20)17-21(28)25-10-8-23(9-11-25)16-18-4-2-1-3-5-18/h1-7H,8-17H2. The van der Waals surface area contributed by atoms with Crippen LogP contribution in [0.2, 0.25) is 0 Å². The number of amides is 1. The van der Waals surface area contributed by atoms with E-state index in [1.165, 1.54) is 16.3 Å². The summed E-state index contributed by atoms with van der Waals surface area (Å²) >= 11 is 1.93. The molecular formula is C21H27N5O2S. The molecule has 7 nitrogen and oxygen atoms in total. The van der Waals surface area contributed by atoms with Crippen LogP contribution in [0.3, 0.4) is 0 Å². The molecule has 0 N–H and O–H groups in total. The van der Waals surface area contributed by atoms with Gasteiger partial charge in [-0.1, -0.05) is 30.3 Å². The summed E-state index contributed by atoms with van der Waals surface area (Å²) in [5, 5.41) is 4.46. The number of nitrogens with zero attached hydrogens (tertiary/aromatic N) is 5. The van der Waals surface area contributed by atoms with Gasteiger partial charge in [0.15, 0.2) is 0 Å². The first-order valence-electron chi connectivity index (χ1n) is 10.1. The van der Waals surface area contributed by atoms with Gasteiger partial charge in [0, 0.05) is 63.4 Å². The van der Waals surface area contributed by atoms with Gasteiger partial charge in [0.25, 0.3) is 5.56 Å². The van der Waals surface area contributed by atoms with Gasteiger partial charge in [-0.2, -0.15) is 16.9 Å². The second-order valence-corrected chi connectivity index (χ2v) is 8.65. The zero-order chi connectivity index (χ0) is 20.1. The molecule has 0 aliphatic carbocycles. The van der Waals surface area contributed by atoms with E-state index in [0.29, 0.717) is 13.1 Å². The number of aromatic nitrogens is 2. The molecule has 2 aromatic rings. The lowest BCUT2D eigenvalue weighted by atomic mass is 10.2. The highest BCUT2D eigenvalue weighted by Crippen LogP contribution is 2.15. The average molecular weight is 414 g/mol. The summed E-state index contributed by atoms with van der Waals surface area (Å²) in [6, 6.07) is 13.7. The lowest BCUT2D eigenvalue weighted by molar-refractivity contribution is -0.133. The van der Waals surface area contributed by atoms with Crippen molar-refractivity contribution in [1.29, 1.82) is 0 Å². The number of carbonyl (C=O) groups is 1. The van der Waals surface area contributed by atoms with E-state index in [2.05, 4.69) is 39.2 Å². The van der Waals surface area contributed by atoms with Crippen LogP contribution >= 0.6 is 11.8 Å². The van der Waals surface area contributed by atoms with Gasteiger partial charge in [-0.15, -0.1) is 0 Å². The fourth-order valence-electron chi connectivity index (χ4n) is 3.74. The molecule has 154 valence electrons. The zero-order valence-corrected chi connectivity index (χ0v) is 17.4. The molecule has 1 aromatic carbocycles. The highest BCUT2D eigenvalue weighted by Gasteiger charge is 2.22. The molecule has 0 radical (unpaired) electrons. The Hall–Kier alpha value is -2.32. The SMILES string of the molecule is O=C(Cn1nc(N2CCSCC2)ccc1=O)N1CCN(Cc2ccccc2)CC1. The molecule has 0 bridgehead atoms. The number of hydrogen-bond acceptors (Lipinski definition) is 6. The van der Waals surface area contributed by atoms with Gasteiger partial charge in [-0.05, 0) is 11.6 Å². The smallest absolute Gasteiger partial charge is 0.267 e. The molecule has 1 aromatic heterocycles. The lowest BCUT2D eigenvalue weighted by Crippen LogP contribution is -2.49. The van der Waals surface area contributed by atoms with Crippen molar-refractivity contribution < 1.29 is 4.79 Å². The normalized spacial score (nSPS) is 18.1. The van der Waals surface area contributed by atoms with E-state index in [0.717, 1.165) is 50.0 Å². The van der Waals surface area contributed by atoms with Crippen LogP contribution < -0.4 is 10.5 Å². The highest BCUT2D eigenvalue weighted by molar-refractivity contribution is 7.99. The van der Waals surface area contributed by atoms with Crippen molar-refractivity contribution in [2.45, 2.75) is 13.1 Å². The minimum atomic E-state index is -0.226. The maximum atomic E-state index is 12.8. The zero-order valence-electron chi connectivity index (χ0n) is 16.6. The topological polar surface area (TPSA) is 61.7 Å². The van der Waals surface area contributed by atoms with Gasteiger partial charge in [-0.25, -0.2) is 4.68 Å². The van der Waals surface area contributed by atoms with E-state index in [4.69, 9.17) is 0 Å². The molecule has 0 atom stereocenters. The third-order valence-electron chi connectivity index (χ3n) is 5.45. The number of benzene rings is 1. The van der Waals surface area contributed by atoms with Crippen LogP contribution in [0.4, 0.5) is 5.82 Å². The number of carbonyl (C=O) groups excluding carboxylic acids is 1. The Labute approximate surface area is 175 Å². The molecule has 0 saturated carbocycles. The van der Waals surface area contributed by atoms with E-state index in [-0.39, 0.29) is 18.0 Å². The van der Waals surface area contributed by atoms with Crippen molar-refractivity contribution in [1.82, 2.24) is 19.6 Å². The van der Waals surface area contributed by atoms with Gasteiger partial charge in [-0.3, -0.25) is 14.5 Å². The summed E-state index contributed by atoms with van der Waals surface area (Å²) in [5.41, 5.74) is 1.06. The lowest BCUT2D eigenvalue weighted by Gasteiger charge is -2.34. The number of rotatable bonds is 5. The van der Waals surface area contributed by atoms with Crippen molar-refractivity contribution in [3.8, 4) is 0 Å². The van der Waals surface area contributed by atoms with E-state index < -0.39 is 0 Å². The molecule has 8 heteroatoms. The molecule has 2 aliphatic heterocycles. The number of thioether (sulfide) groups is 1. The van der Waals surface area contributed by atoms with E-state index in [1.807, 2.05) is 22.7 Å². The van der Waals surface area contributed by atoms with Gasteiger partial charge in [0.1, 0.15) is 12.4 Å². The van der Waals surface area contributed by atoms with E-state index >= 15 is 0 Å². The second kappa shape index (κ2) is 9.45. The van der Waals surface area contributed by atoms with Crippen molar-refractivity contribution in [3.05, 3.63) is 58.4 Å². The Balaban J connectivity index is 1.33. The van der Waals surface area contributed by atoms with Crippen LogP contribution in [0, 0.1) is 0 Å². The minimum Gasteiger partial charge on any atom is -0.354 e. The molecule has 4 rings (SSSR count). The first-order valence-corrected chi connectivity index (χ1v) is 11.3. The van der Waals surface area contributed by atoms with Crippen LogP contribution in [0.5, 0.6) is 0 Å². The van der Waals surface area contributed by atoms with Gasteiger partial charge in [0.2, 0.25) is 5.91 Å². The Morgan fingerprint density at radius 1 is 0.931 bits per heavy atom. The Morgan fingerprint density at radius 2 is 1.66 bits per heavy atom. The summed E-state index contributed by atoms with van der Waals surface area (Å²) in [7, 11) is 0. The average Bonchev–Trinajstić information content (AvgIpc) is 2.77. The predicted molar refractivity (Wildman–Crippen MR) is 116 cm³/mol. The molecule has 0 unspecified atom stereocenters. The molecule has 29 heavy (non-hydrogen) atoms. The largest absolute Gasteiger partial charge is 0.354 e. The quantitative estimate of drug-likeness (QED) is 0.733. The summed E-state index contributed by atoms with van der Waals surface area (Å²) < 4.78 is 1.32. The number of piperazine rings is 1. The molecule has 2 saturated heterocycles. The summed E-state index contributed by atoms with van der Waals surface area (Å²) in [6.45, 7) is 5.81. The fraction of sp³-hybridized carbons (Fsp3) is 0.476. The molecule has 3 heterocycles. The van der Waals surface area contributed by atoms with Crippen LogP contribution in [0.1, 0.15) is 5.56 Å². The van der Waals surface area contributed by atoms with Crippen LogP contribution in [-0.4, -0.2) is 76.3 Å². The van der Waals surface area contributed by atoms with E-state index in [1.54, 1.807) is 6.07 Å². The Bertz CT molecular complexity index is 874. The van der Waals surface area contributed by atoms with E-state index in [9.17, 15) is 9.59 Å². The first kappa shape index (κ1) is 20.0. The van der Waals surface area contributed by atoms with Gasteiger partial charge >= 0.3 is 0 Å². The van der Waals surface area contributed by atoms with Crippen LogP contribution in [0.15, 0.2) is 47.3 Å². The summed E-state index contributed by atoms with van der Waals surface area (Å²) in [6.07, 6.45) is 0. The minimum absolute atomic E-state index is 0.00789. The number of anilines is 1. The van der Waals surface area contributed by atoms with Crippen LogP contribution in [0.25, 0.3) is 0 Å². The van der Waals surface area contributed by atoms with Crippen molar-refractivity contribution >= 4 is 23.5 Å². The second-order valence-electron chi connectivity index (χ2n) is 7.43. The third-order valence-corrected chi connectivity index (χ3v) is 6.39. The monoisotopic (exact) mass is 413 g/mol. The molecular weight excluding hydrogens is 386 g/mol. The third kappa shape index (κ3) is 5.19. The Morgan fingerprint density at radius 3 is 2.38 bits per heavy atom. The van der Waals surface area contributed by atoms with Gasteiger partial charge < -0.3 is 9.80 Å². The highest BCUT2D eigenvalue weighted by atomic mass is 32.2. The summed E-state index contributed by atoms with van der Waals surface area (Å²) in [5.74, 6) is 2.87. The molecule has 2 aliphatic rings. The Kier molecular flexibility index (Phi) is 6.51. The molecule has 0 spiro atoms. The molecule has 2 fully saturated rings. The van der Waals surface area contributed by atoms with Crippen molar-refractivity contribution in [2.75, 3.05) is 55.7 Å². The maximum absolute atomic E-state index is 12.8. The van der Waals surface area contributed by atoms with Crippen LogP contribution in [-0.2, 0) is 17.9 Å². The fourth-order valence-corrected chi connectivity index (χ4v) is 4.64. The first-order chi connectivity index (χ1) is 14.2. The van der Waals surface area contributed by atoms with Crippen molar-refractivity contribution in [2.24, 2.45) is 0 Å². The maximum Gasteiger partial charge on any atom is 0.267 e. The molecule has 1 amide bonds. The summed E-state index contributed by atoms with van der Waals surface area (Å²) in [4.78, 5) is 31.4. The van der Waals surface area contributed by atoms with Crippen molar-refractivity contribution in [3.63, 3.8) is 0 Å². The van der Waals surface area contributed by atoms with Gasteiger partial charge in [0.05, 0.1) is 0 Å². The predicted octanol–water partition coefficient (Wildman–Crippen LogP) is 1.14.